The van der Waals surface area contributed by atoms with Crippen LogP contribution in [0, 0.1) is 0 Å². The van der Waals surface area contributed by atoms with Crippen molar-refractivity contribution in [1.82, 2.24) is 5.32 Å². The molecular formula is C22H30AsClNOS. The number of benzene rings is 2. The van der Waals surface area contributed by atoms with Gasteiger partial charge in [-0.05, 0) is 6.26 Å². The summed E-state index contributed by atoms with van der Waals surface area (Å²) in [6.07, 6.45) is 7.58. The first-order chi connectivity index (χ1) is 12.7. The van der Waals surface area contributed by atoms with Crippen molar-refractivity contribution < 1.29 is 4.74 Å². The van der Waals surface area contributed by atoms with Gasteiger partial charge in [-0.3, -0.25) is 0 Å². The normalized spacial score (nSPS) is 19.8. The first kappa shape index (κ1) is 22.7. The van der Waals surface area contributed by atoms with Gasteiger partial charge in [-0.2, -0.15) is 0 Å². The van der Waals surface area contributed by atoms with Gasteiger partial charge in [-0.15, -0.1) is 24.2 Å². The summed E-state index contributed by atoms with van der Waals surface area (Å²) in [5, 5.41) is 3.78. The van der Waals surface area contributed by atoms with Gasteiger partial charge in [0.25, 0.3) is 0 Å². The number of hydrogen-bond acceptors (Lipinski definition) is 3. The smallest absolute Gasteiger partial charge is 0.147 e. The van der Waals surface area contributed by atoms with E-state index in [0.717, 1.165) is 17.0 Å². The van der Waals surface area contributed by atoms with E-state index >= 15 is 0 Å². The van der Waals surface area contributed by atoms with Crippen molar-refractivity contribution in [2.24, 2.45) is 0 Å². The predicted molar refractivity (Wildman–Crippen MR) is 122 cm³/mol. The molecular weight excluding hydrogens is 437 g/mol. The first-order valence-electron chi connectivity index (χ1n) is 9.37. The molecule has 1 radical (unpaired) electrons. The number of halogens is 1. The molecule has 0 bridgehead atoms. The van der Waals surface area contributed by atoms with E-state index in [1.807, 2.05) is 0 Å². The van der Waals surface area contributed by atoms with Crippen molar-refractivity contribution >= 4 is 39.9 Å². The molecule has 1 N–H and O–H groups in total. The van der Waals surface area contributed by atoms with Crippen LogP contribution >= 0.6 is 24.2 Å². The zero-order valence-electron chi connectivity index (χ0n) is 16.4. The van der Waals surface area contributed by atoms with Crippen LogP contribution in [0.2, 0.25) is 10.4 Å². The van der Waals surface area contributed by atoms with Crippen molar-refractivity contribution in [2.75, 3.05) is 13.4 Å². The molecule has 0 atom stereocenters. The minimum atomic E-state index is 0. The Labute approximate surface area is 181 Å². The van der Waals surface area contributed by atoms with Crippen LogP contribution in [0.4, 0.5) is 0 Å². The van der Waals surface area contributed by atoms with Crippen molar-refractivity contribution in [3.63, 3.8) is 0 Å². The Kier molecular flexibility index (Phi) is 9.59. The number of rotatable bonds is 7. The van der Waals surface area contributed by atoms with Gasteiger partial charge >= 0.3 is 147 Å². The topological polar surface area (TPSA) is 21.3 Å². The molecule has 2 aromatic rings. The number of hydrogen-bond donors (Lipinski definition) is 1. The van der Waals surface area contributed by atoms with Gasteiger partial charge in [0.2, 0.25) is 0 Å². The molecule has 0 unspecified atom stereocenters. The molecule has 1 saturated carbocycles. The maximum absolute atomic E-state index is 5.61. The molecule has 0 saturated heterocycles. The van der Waals surface area contributed by atoms with E-state index in [0.29, 0.717) is 21.8 Å². The van der Waals surface area contributed by atoms with E-state index in [9.17, 15) is 0 Å². The van der Waals surface area contributed by atoms with E-state index in [2.05, 4.69) is 59.7 Å². The van der Waals surface area contributed by atoms with Gasteiger partial charge in [0.05, 0.1) is 0 Å². The Morgan fingerprint density at radius 1 is 1.04 bits per heavy atom. The summed E-state index contributed by atoms with van der Waals surface area (Å²) < 4.78 is 6.64. The molecule has 0 aliphatic heterocycles. The maximum atomic E-state index is 5.61. The van der Waals surface area contributed by atoms with E-state index < -0.39 is 0 Å². The van der Waals surface area contributed by atoms with Crippen LogP contribution < -0.4 is 10.1 Å². The molecule has 3 rings (SSSR count). The maximum Gasteiger partial charge on any atom is -0.147 e. The van der Waals surface area contributed by atoms with Gasteiger partial charge in [0, 0.05) is 4.90 Å². The fourth-order valence-electron chi connectivity index (χ4n) is 3.67. The van der Waals surface area contributed by atoms with Crippen molar-refractivity contribution in [2.45, 2.75) is 53.6 Å². The summed E-state index contributed by atoms with van der Waals surface area (Å²) in [5.74, 6) is 0.981. The molecule has 2 aromatic carbocycles. The minimum absolute atomic E-state index is 0. The Morgan fingerprint density at radius 2 is 1.70 bits per heavy atom. The standard InChI is InChI=1S/C22H29AsNOS.ClH/c1-23-19-7-9-20(10-8-19)24-15-18-14-17(6-13-22(18)25-2)16-4-11-21(26-3)12-5-16;/h4-6,11-14,19-20,24H,7-10,15H2,1-3H3;1H. The molecule has 1 aliphatic carbocycles. The quantitative estimate of drug-likeness (QED) is 0.395. The largest absolute Gasteiger partial charge is 0.147 e. The van der Waals surface area contributed by atoms with Crippen LogP contribution in [0.25, 0.3) is 11.1 Å². The third-order valence-electron chi connectivity index (χ3n) is 5.35. The number of thioether (sulfide) groups is 1. The second-order valence-electron chi connectivity index (χ2n) is 6.90. The van der Waals surface area contributed by atoms with Crippen LogP contribution in [0.5, 0.6) is 5.75 Å². The summed E-state index contributed by atoms with van der Waals surface area (Å²) in [7, 11) is 1.77. The fourth-order valence-corrected chi connectivity index (χ4v) is 5.79. The van der Waals surface area contributed by atoms with Crippen LogP contribution in [-0.2, 0) is 6.54 Å². The average Bonchev–Trinajstić information content (AvgIpc) is 2.72. The Hall–Kier alpha value is -0.602. The zero-order chi connectivity index (χ0) is 18.4. The third-order valence-corrected chi connectivity index (χ3v) is 8.71. The van der Waals surface area contributed by atoms with E-state index in [-0.39, 0.29) is 12.4 Å². The molecule has 5 heteroatoms. The SMILES string of the molecule is COc1ccc(-c2ccc(SC)cc2)cc1CNC1CCC([As]C)CC1.Cl. The Morgan fingerprint density at radius 3 is 2.30 bits per heavy atom. The van der Waals surface area contributed by atoms with Crippen LogP contribution in [0.3, 0.4) is 0 Å². The first-order valence-corrected chi connectivity index (χ1v) is 13.6. The Balaban J connectivity index is 0.00000261. The molecule has 147 valence electrons. The van der Waals surface area contributed by atoms with Gasteiger partial charge in [-0.25, -0.2) is 0 Å². The van der Waals surface area contributed by atoms with Gasteiger partial charge in [-0.1, -0.05) is 0 Å². The molecule has 2 nitrogen and oxygen atoms in total. The molecule has 0 aromatic heterocycles. The summed E-state index contributed by atoms with van der Waals surface area (Å²) in [6.45, 7) is 0.884. The van der Waals surface area contributed by atoms with Gasteiger partial charge in [0.15, 0.2) is 0 Å². The Bertz CT molecular complexity index is 702. The van der Waals surface area contributed by atoms with Crippen LogP contribution in [0.15, 0.2) is 47.4 Å². The number of ether oxygens (including phenoxy) is 1. The van der Waals surface area contributed by atoms with Crippen LogP contribution in [-0.4, -0.2) is 35.2 Å². The monoisotopic (exact) mass is 466 g/mol. The molecule has 27 heavy (non-hydrogen) atoms. The molecule has 0 heterocycles. The molecule has 1 aliphatic rings. The van der Waals surface area contributed by atoms with E-state index in [1.165, 1.54) is 47.3 Å². The second kappa shape index (κ2) is 11.4. The number of nitrogens with one attached hydrogen (secondary N) is 1. The van der Waals surface area contributed by atoms with E-state index in [4.69, 9.17) is 4.74 Å². The van der Waals surface area contributed by atoms with Crippen molar-refractivity contribution in [3.05, 3.63) is 48.0 Å². The predicted octanol–water partition coefficient (Wildman–Crippen LogP) is 6.08. The summed E-state index contributed by atoms with van der Waals surface area (Å²) in [4.78, 5) is 1.30. The van der Waals surface area contributed by atoms with E-state index in [1.54, 1.807) is 18.9 Å². The van der Waals surface area contributed by atoms with Gasteiger partial charge in [0.1, 0.15) is 0 Å². The minimum Gasteiger partial charge on any atom is -0.147 e. The van der Waals surface area contributed by atoms with Crippen LogP contribution in [0.1, 0.15) is 31.2 Å². The molecule has 0 amide bonds. The summed E-state index contributed by atoms with van der Waals surface area (Å²) in [5.41, 5.74) is 6.19. The summed E-state index contributed by atoms with van der Waals surface area (Å²) >= 11 is 2.33. The fraction of sp³-hybridized carbons (Fsp3) is 0.455. The number of methoxy groups -OCH3 is 1. The third kappa shape index (κ3) is 6.19. The average molecular weight is 467 g/mol. The molecule has 1 fully saturated rings. The molecule has 0 spiro atoms. The zero-order valence-corrected chi connectivity index (χ0v) is 19.9. The van der Waals surface area contributed by atoms with Gasteiger partial charge < -0.3 is 0 Å². The van der Waals surface area contributed by atoms with Crippen molar-refractivity contribution in [3.8, 4) is 16.9 Å². The van der Waals surface area contributed by atoms with Crippen molar-refractivity contribution in [1.29, 1.82) is 0 Å². The second-order valence-corrected chi connectivity index (χ2v) is 10.4. The summed E-state index contributed by atoms with van der Waals surface area (Å²) in [6, 6.07) is 16.0.